The number of carbonyl (C=O) groups is 4. The van der Waals surface area contributed by atoms with Gasteiger partial charge in [-0.25, -0.2) is 9.59 Å². The van der Waals surface area contributed by atoms with Crippen LogP contribution in [0.2, 0.25) is 0 Å². The van der Waals surface area contributed by atoms with Crippen molar-refractivity contribution in [2.45, 2.75) is 53.5 Å². The van der Waals surface area contributed by atoms with E-state index in [1.165, 1.54) is 24.3 Å². The second kappa shape index (κ2) is 10.1. The number of hydrogen-bond donors (Lipinski definition) is 4. The molecule has 0 aliphatic rings. The molecule has 0 unspecified atom stereocenters. The van der Waals surface area contributed by atoms with Crippen LogP contribution in [0.1, 0.15) is 94.1 Å². The standard InChI is InChI=1S/C26H32N2O6/c1-25(2,3)14-27-21(29)19-12-15(7-9-17(19)23(31)32)11-16-8-10-18(24(33)34)20(13-16)22(30)28-26(4,5)6/h7-10,12-13H,11,14H2,1-6H3,(H,27,29)(H,28,30)(H,31,32)(H,33,34). The highest BCUT2D eigenvalue weighted by atomic mass is 16.4. The van der Waals surface area contributed by atoms with Crippen molar-refractivity contribution < 1.29 is 29.4 Å². The van der Waals surface area contributed by atoms with E-state index in [4.69, 9.17) is 0 Å². The Bertz CT molecular complexity index is 1120. The molecule has 0 heterocycles. The van der Waals surface area contributed by atoms with Crippen molar-refractivity contribution in [1.29, 1.82) is 0 Å². The van der Waals surface area contributed by atoms with Crippen LogP contribution >= 0.6 is 0 Å². The first kappa shape index (κ1) is 26.6. The second-order valence-electron chi connectivity index (χ2n) is 10.5. The van der Waals surface area contributed by atoms with E-state index < -0.39 is 29.3 Å². The lowest BCUT2D eigenvalue weighted by Gasteiger charge is -2.21. The van der Waals surface area contributed by atoms with Crippen LogP contribution in [0.5, 0.6) is 0 Å². The first-order chi connectivity index (χ1) is 15.6. The van der Waals surface area contributed by atoms with Crippen molar-refractivity contribution in [3.63, 3.8) is 0 Å². The van der Waals surface area contributed by atoms with E-state index in [2.05, 4.69) is 10.6 Å². The van der Waals surface area contributed by atoms with Crippen LogP contribution in [0.4, 0.5) is 0 Å². The molecule has 34 heavy (non-hydrogen) atoms. The molecule has 2 amide bonds. The molecule has 0 saturated carbocycles. The highest BCUT2D eigenvalue weighted by Crippen LogP contribution is 2.20. The Morgan fingerprint density at radius 1 is 0.706 bits per heavy atom. The largest absolute Gasteiger partial charge is 0.478 e. The van der Waals surface area contributed by atoms with E-state index in [0.717, 1.165) is 0 Å². The molecular weight excluding hydrogens is 436 g/mol. The maximum absolute atomic E-state index is 12.7. The number of hydrogen-bond acceptors (Lipinski definition) is 4. The van der Waals surface area contributed by atoms with Crippen LogP contribution in [-0.4, -0.2) is 46.0 Å². The molecule has 8 nitrogen and oxygen atoms in total. The molecule has 0 bridgehead atoms. The number of rotatable bonds is 7. The van der Waals surface area contributed by atoms with Crippen molar-refractivity contribution in [1.82, 2.24) is 10.6 Å². The number of carbonyl (C=O) groups excluding carboxylic acids is 2. The highest BCUT2D eigenvalue weighted by molar-refractivity contribution is 6.06. The first-order valence-corrected chi connectivity index (χ1v) is 10.9. The SMILES string of the molecule is CC(C)(C)CNC(=O)c1cc(Cc2ccc(C(=O)O)c(C(=O)NC(C)(C)C)c2)ccc1C(=O)O. The minimum Gasteiger partial charge on any atom is -0.478 e. The average Bonchev–Trinajstić information content (AvgIpc) is 2.69. The van der Waals surface area contributed by atoms with Gasteiger partial charge in [0.25, 0.3) is 11.8 Å². The third-order valence-electron chi connectivity index (χ3n) is 4.79. The second-order valence-corrected chi connectivity index (χ2v) is 10.5. The van der Waals surface area contributed by atoms with Crippen molar-refractivity contribution in [3.8, 4) is 0 Å². The van der Waals surface area contributed by atoms with Crippen LogP contribution in [-0.2, 0) is 6.42 Å². The number of nitrogens with one attached hydrogen (secondary N) is 2. The van der Waals surface area contributed by atoms with E-state index in [0.29, 0.717) is 17.7 Å². The molecule has 0 aliphatic carbocycles. The lowest BCUT2D eigenvalue weighted by atomic mass is 9.94. The van der Waals surface area contributed by atoms with Gasteiger partial charge in [-0.05, 0) is 68.0 Å². The molecule has 0 fully saturated rings. The number of benzene rings is 2. The molecule has 182 valence electrons. The average molecular weight is 469 g/mol. The number of aromatic carboxylic acids is 2. The predicted molar refractivity (Wildman–Crippen MR) is 129 cm³/mol. The van der Waals surface area contributed by atoms with Crippen LogP contribution in [0.3, 0.4) is 0 Å². The van der Waals surface area contributed by atoms with Gasteiger partial charge in [-0.1, -0.05) is 32.9 Å². The molecule has 0 radical (unpaired) electrons. The summed E-state index contributed by atoms with van der Waals surface area (Å²) in [6.07, 6.45) is 0.273. The number of carboxylic acid groups (broad SMARTS) is 2. The summed E-state index contributed by atoms with van der Waals surface area (Å²) in [6.45, 7) is 11.6. The minimum absolute atomic E-state index is 0.0326. The van der Waals surface area contributed by atoms with Crippen LogP contribution in [0.25, 0.3) is 0 Å². The van der Waals surface area contributed by atoms with Crippen LogP contribution in [0, 0.1) is 5.41 Å². The summed E-state index contributed by atoms with van der Waals surface area (Å²) in [6, 6.07) is 8.97. The fourth-order valence-electron chi connectivity index (χ4n) is 3.24. The summed E-state index contributed by atoms with van der Waals surface area (Å²) in [4.78, 5) is 48.7. The Morgan fingerprint density at radius 3 is 1.53 bits per heavy atom. The van der Waals surface area contributed by atoms with Gasteiger partial charge < -0.3 is 20.8 Å². The van der Waals surface area contributed by atoms with E-state index in [1.807, 2.05) is 20.8 Å². The molecule has 2 rings (SSSR count). The zero-order valence-corrected chi connectivity index (χ0v) is 20.4. The Labute approximate surface area is 199 Å². The maximum atomic E-state index is 12.7. The molecule has 0 atom stereocenters. The molecule has 8 heteroatoms. The lowest BCUT2D eigenvalue weighted by molar-refractivity contribution is 0.0682. The molecule has 4 N–H and O–H groups in total. The quantitative estimate of drug-likeness (QED) is 0.486. The van der Waals surface area contributed by atoms with Gasteiger partial charge >= 0.3 is 11.9 Å². The summed E-state index contributed by atoms with van der Waals surface area (Å²) in [5, 5.41) is 24.6. The van der Waals surface area contributed by atoms with Crippen LogP contribution < -0.4 is 10.6 Å². The molecule has 0 spiro atoms. The fraction of sp³-hybridized carbons (Fsp3) is 0.385. The molecule has 0 aromatic heterocycles. The van der Waals surface area contributed by atoms with Gasteiger partial charge in [-0.15, -0.1) is 0 Å². The lowest BCUT2D eigenvalue weighted by Crippen LogP contribution is -2.41. The maximum Gasteiger partial charge on any atom is 0.336 e. The van der Waals surface area contributed by atoms with Crippen LogP contribution in [0.15, 0.2) is 36.4 Å². The number of amides is 2. The summed E-state index contributed by atoms with van der Waals surface area (Å²) < 4.78 is 0. The fourth-order valence-corrected chi connectivity index (χ4v) is 3.24. The molecule has 0 aliphatic heterocycles. The summed E-state index contributed by atoms with van der Waals surface area (Å²) in [5.74, 6) is -3.41. The van der Waals surface area contributed by atoms with E-state index >= 15 is 0 Å². The van der Waals surface area contributed by atoms with Crippen molar-refractivity contribution in [2.75, 3.05) is 6.54 Å². The summed E-state index contributed by atoms with van der Waals surface area (Å²) >= 11 is 0. The Hall–Kier alpha value is -3.68. The van der Waals surface area contributed by atoms with Gasteiger partial charge in [0, 0.05) is 12.1 Å². The molecular formula is C26H32N2O6. The normalized spacial score (nSPS) is 11.6. The van der Waals surface area contributed by atoms with E-state index in [1.54, 1.807) is 32.9 Å². The minimum atomic E-state index is -1.21. The van der Waals surface area contributed by atoms with Gasteiger partial charge in [0.15, 0.2) is 0 Å². The Morgan fingerprint density at radius 2 is 1.15 bits per heavy atom. The monoisotopic (exact) mass is 468 g/mol. The smallest absolute Gasteiger partial charge is 0.336 e. The van der Waals surface area contributed by atoms with Gasteiger partial charge in [0.1, 0.15) is 0 Å². The Kier molecular flexibility index (Phi) is 7.87. The van der Waals surface area contributed by atoms with Gasteiger partial charge in [-0.3, -0.25) is 9.59 Å². The third-order valence-corrected chi connectivity index (χ3v) is 4.79. The van der Waals surface area contributed by atoms with Crippen molar-refractivity contribution >= 4 is 23.8 Å². The third kappa shape index (κ3) is 7.43. The number of carboxylic acids is 2. The summed E-state index contributed by atoms with van der Waals surface area (Å²) in [5.41, 5.74) is 0.421. The first-order valence-electron chi connectivity index (χ1n) is 10.9. The van der Waals surface area contributed by atoms with Gasteiger partial charge in [0.2, 0.25) is 0 Å². The molecule has 2 aromatic rings. The van der Waals surface area contributed by atoms with Crippen molar-refractivity contribution in [2.24, 2.45) is 5.41 Å². The zero-order valence-electron chi connectivity index (χ0n) is 20.4. The van der Waals surface area contributed by atoms with Crippen molar-refractivity contribution in [3.05, 3.63) is 69.8 Å². The van der Waals surface area contributed by atoms with E-state index in [9.17, 15) is 29.4 Å². The molecule has 0 saturated heterocycles. The van der Waals surface area contributed by atoms with Gasteiger partial charge in [0.05, 0.1) is 22.3 Å². The highest BCUT2D eigenvalue weighted by Gasteiger charge is 2.22. The Balaban J connectivity index is 2.41. The predicted octanol–water partition coefficient (Wildman–Crippen LogP) is 3.98. The zero-order chi connectivity index (χ0) is 25.8. The van der Waals surface area contributed by atoms with Gasteiger partial charge in [-0.2, -0.15) is 0 Å². The van der Waals surface area contributed by atoms with E-state index in [-0.39, 0.29) is 34.1 Å². The topological polar surface area (TPSA) is 133 Å². The summed E-state index contributed by atoms with van der Waals surface area (Å²) in [7, 11) is 0. The molecule has 2 aromatic carbocycles.